The third kappa shape index (κ3) is 3.58. The molecule has 1 atom stereocenters. The number of aryl methyl sites for hydroxylation is 1. The van der Waals surface area contributed by atoms with Gasteiger partial charge in [-0.3, -0.25) is 0 Å². The molecule has 112 valence electrons. The van der Waals surface area contributed by atoms with Crippen LogP contribution in [0.5, 0.6) is 0 Å². The molecule has 0 aromatic heterocycles. The Morgan fingerprint density at radius 3 is 2.24 bits per heavy atom. The third-order valence-corrected chi connectivity index (χ3v) is 4.18. The summed E-state index contributed by atoms with van der Waals surface area (Å²) in [5.41, 5.74) is 4.71. The zero-order valence-corrected chi connectivity index (χ0v) is 13.9. The number of hydrogen-bond donors (Lipinski definition) is 1. The maximum atomic E-state index is 6.45. The standard InChI is InChI=1S/C18H23ClN2/c1-5-21(15-8-6-13(2)7-9-15)16-10-11-17(14(3)20-4)18(19)12-16/h6-12,14,20H,5H2,1-4H3. The molecule has 0 amide bonds. The van der Waals surface area contributed by atoms with Gasteiger partial charge in [-0.2, -0.15) is 0 Å². The van der Waals surface area contributed by atoms with Gasteiger partial charge in [-0.25, -0.2) is 0 Å². The van der Waals surface area contributed by atoms with Crippen LogP contribution in [0.1, 0.15) is 31.0 Å². The molecule has 0 aliphatic carbocycles. The van der Waals surface area contributed by atoms with Crippen molar-refractivity contribution in [2.45, 2.75) is 26.8 Å². The second-order valence-electron chi connectivity index (χ2n) is 5.30. The predicted octanol–water partition coefficient (Wildman–Crippen LogP) is 5.09. The Labute approximate surface area is 132 Å². The van der Waals surface area contributed by atoms with E-state index in [-0.39, 0.29) is 6.04 Å². The molecule has 2 nitrogen and oxygen atoms in total. The van der Waals surface area contributed by atoms with Gasteiger partial charge in [0.25, 0.3) is 0 Å². The summed E-state index contributed by atoms with van der Waals surface area (Å²) < 4.78 is 0. The zero-order chi connectivity index (χ0) is 15.4. The van der Waals surface area contributed by atoms with Crippen molar-refractivity contribution in [3.05, 3.63) is 58.6 Å². The minimum atomic E-state index is 0.251. The Balaban J connectivity index is 2.35. The first-order chi connectivity index (χ1) is 10.1. The van der Waals surface area contributed by atoms with Crippen molar-refractivity contribution in [2.24, 2.45) is 0 Å². The van der Waals surface area contributed by atoms with Crippen LogP contribution in [0.4, 0.5) is 11.4 Å². The maximum Gasteiger partial charge on any atom is 0.0474 e. The van der Waals surface area contributed by atoms with Crippen LogP contribution in [0.25, 0.3) is 0 Å². The Kier molecular flexibility index (Phi) is 5.27. The van der Waals surface area contributed by atoms with Gasteiger partial charge in [0.15, 0.2) is 0 Å². The molecular formula is C18H23ClN2. The molecule has 0 saturated heterocycles. The Hall–Kier alpha value is -1.51. The monoisotopic (exact) mass is 302 g/mol. The van der Waals surface area contributed by atoms with E-state index in [0.717, 1.165) is 22.8 Å². The highest BCUT2D eigenvalue weighted by molar-refractivity contribution is 6.31. The first kappa shape index (κ1) is 15.9. The Morgan fingerprint density at radius 1 is 1.10 bits per heavy atom. The fraction of sp³-hybridized carbons (Fsp3) is 0.333. The number of nitrogens with zero attached hydrogens (tertiary/aromatic N) is 1. The third-order valence-electron chi connectivity index (χ3n) is 3.86. The molecule has 2 aromatic rings. The van der Waals surface area contributed by atoms with Crippen molar-refractivity contribution >= 4 is 23.0 Å². The van der Waals surface area contributed by atoms with Gasteiger partial charge in [-0.15, -0.1) is 0 Å². The highest BCUT2D eigenvalue weighted by atomic mass is 35.5. The molecule has 0 saturated carbocycles. The summed E-state index contributed by atoms with van der Waals surface area (Å²) in [6, 6.07) is 15.1. The van der Waals surface area contributed by atoms with E-state index in [1.807, 2.05) is 13.1 Å². The van der Waals surface area contributed by atoms with Crippen LogP contribution in [0.2, 0.25) is 5.02 Å². The summed E-state index contributed by atoms with van der Waals surface area (Å²) >= 11 is 6.45. The van der Waals surface area contributed by atoms with E-state index < -0.39 is 0 Å². The van der Waals surface area contributed by atoms with Gasteiger partial charge in [-0.05, 0) is 57.6 Å². The average molecular weight is 303 g/mol. The number of halogens is 1. The number of nitrogens with one attached hydrogen (secondary N) is 1. The van der Waals surface area contributed by atoms with E-state index in [1.165, 1.54) is 11.3 Å². The molecule has 21 heavy (non-hydrogen) atoms. The molecule has 3 heteroatoms. The van der Waals surface area contributed by atoms with E-state index in [9.17, 15) is 0 Å². The lowest BCUT2D eigenvalue weighted by molar-refractivity contribution is 0.652. The zero-order valence-electron chi connectivity index (χ0n) is 13.2. The minimum absolute atomic E-state index is 0.251. The molecule has 0 radical (unpaired) electrons. The molecule has 0 aliphatic rings. The number of rotatable bonds is 5. The highest BCUT2D eigenvalue weighted by Gasteiger charge is 2.12. The lowest BCUT2D eigenvalue weighted by Gasteiger charge is -2.25. The van der Waals surface area contributed by atoms with Crippen LogP contribution >= 0.6 is 11.6 Å². The molecule has 1 N–H and O–H groups in total. The molecule has 0 fully saturated rings. The van der Waals surface area contributed by atoms with Gasteiger partial charge in [-0.1, -0.05) is 35.4 Å². The van der Waals surface area contributed by atoms with Gasteiger partial charge in [0, 0.05) is 29.0 Å². The van der Waals surface area contributed by atoms with Gasteiger partial charge < -0.3 is 10.2 Å². The van der Waals surface area contributed by atoms with E-state index in [1.54, 1.807) is 0 Å². The van der Waals surface area contributed by atoms with Gasteiger partial charge >= 0.3 is 0 Å². The highest BCUT2D eigenvalue weighted by Crippen LogP contribution is 2.31. The molecule has 0 aliphatic heterocycles. The molecule has 2 aromatic carbocycles. The second-order valence-corrected chi connectivity index (χ2v) is 5.70. The van der Waals surface area contributed by atoms with E-state index >= 15 is 0 Å². The summed E-state index contributed by atoms with van der Waals surface area (Å²) in [7, 11) is 1.94. The van der Waals surface area contributed by atoms with Gasteiger partial charge in [0.05, 0.1) is 0 Å². The maximum absolute atomic E-state index is 6.45. The largest absolute Gasteiger partial charge is 0.342 e. The number of anilines is 2. The number of benzene rings is 2. The van der Waals surface area contributed by atoms with Crippen molar-refractivity contribution in [3.8, 4) is 0 Å². The molecular weight excluding hydrogens is 280 g/mol. The van der Waals surface area contributed by atoms with Gasteiger partial charge in [0.1, 0.15) is 0 Å². The van der Waals surface area contributed by atoms with Crippen LogP contribution in [-0.4, -0.2) is 13.6 Å². The first-order valence-corrected chi connectivity index (χ1v) is 7.75. The first-order valence-electron chi connectivity index (χ1n) is 7.37. The summed E-state index contributed by atoms with van der Waals surface area (Å²) in [5.74, 6) is 0. The van der Waals surface area contributed by atoms with E-state index in [4.69, 9.17) is 11.6 Å². The summed E-state index contributed by atoms with van der Waals surface area (Å²) in [4.78, 5) is 2.26. The molecule has 0 bridgehead atoms. The van der Waals surface area contributed by atoms with Crippen LogP contribution < -0.4 is 10.2 Å². The normalized spacial score (nSPS) is 12.2. The molecule has 2 rings (SSSR count). The van der Waals surface area contributed by atoms with E-state index in [0.29, 0.717) is 0 Å². The fourth-order valence-electron chi connectivity index (χ4n) is 2.43. The fourth-order valence-corrected chi connectivity index (χ4v) is 2.77. The molecule has 1 unspecified atom stereocenters. The molecule has 0 spiro atoms. The van der Waals surface area contributed by atoms with E-state index in [2.05, 4.69) is 67.4 Å². The predicted molar refractivity (Wildman–Crippen MR) is 92.8 cm³/mol. The quantitative estimate of drug-likeness (QED) is 0.828. The summed E-state index contributed by atoms with van der Waals surface area (Å²) in [6.45, 7) is 7.27. The van der Waals surface area contributed by atoms with Crippen molar-refractivity contribution in [1.82, 2.24) is 5.32 Å². The van der Waals surface area contributed by atoms with Crippen molar-refractivity contribution in [3.63, 3.8) is 0 Å². The van der Waals surface area contributed by atoms with Crippen molar-refractivity contribution < 1.29 is 0 Å². The second kappa shape index (κ2) is 6.97. The summed E-state index contributed by atoms with van der Waals surface area (Å²) in [5, 5.41) is 4.03. The average Bonchev–Trinajstić information content (AvgIpc) is 2.49. The molecule has 0 heterocycles. The lowest BCUT2D eigenvalue weighted by Crippen LogP contribution is -2.17. The smallest absolute Gasteiger partial charge is 0.0474 e. The van der Waals surface area contributed by atoms with Crippen LogP contribution in [0.15, 0.2) is 42.5 Å². The minimum Gasteiger partial charge on any atom is -0.342 e. The van der Waals surface area contributed by atoms with Crippen molar-refractivity contribution in [2.75, 3.05) is 18.5 Å². The van der Waals surface area contributed by atoms with Crippen LogP contribution in [0.3, 0.4) is 0 Å². The topological polar surface area (TPSA) is 15.3 Å². The van der Waals surface area contributed by atoms with Gasteiger partial charge in [0.2, 0.25) is 0 Å². The van der Waals surface area contributed by atoms with Crippen molar-refractivity contribution in [1.29, 1.82) is 0 Å². The Bertz CT molecular complexity index is 593. The summed E-state index contributed by atoms with van der Waals surface area (Å²) in [6.07, 6.45) is 0. The Morgan fingerprint density at radius 2 is 1.71 bits per heavy atom. The van der Waals surface area contributed by atoms with Crippen LogP contribution in [0, 0.1) is 6.92 Å². The number of hydrogen-bond acceptors (Lipinski definition) is 2. The SMILES string of the molecule is CCN(c1ccc(C)cc1)c1ccc(C(C)NC)c(Cl)c1. The van der Waals surface area contributed by atoms with Crippen LogP contribution in [-0.2, 0) is 0 Å². The lowest BCUT2D eigenvalue weighted by atomic mass is 10.1.